The Bertz CT molecular complexity index is 640. The molecule has 0 bridgehead atoms. The van der Waals surface area contributed by atoms with Crippen molar-refractivity contribution in [2.24, 2.45) is 18.7 Å². The summed E-state index contributed by atoms with van der Waals surface area (Å²) >= 11 is 0. The summed E-state index contributed by atoms with van der Waals surface area (Å²) in [5.74, 6) is -0.458. The number of sulfonamides is 1. The van der Waals surface area contributed by atoms with Crippen molar-refractivity contribution in [3.8, 4) is 0 Å². The first-order chi connectivity index (χ1) is 10.4. The molecule has 1 unspecified atom stereocenters. The van der Waals surface area contributed by atoms with E-state index in [0.717, 1.165) is 0 Å². The molecule has 1 aliphatic rings. The Kier molecular flexibility index (Phi) is 5.20. The molecule has 0 spiro atoms. The van der Waals surface area contributed by atoms with Gasteiger partial charge in [0.2, 0.25) is 15.9 Å². The number of rotatable bonds is 5. The van der Waals surface area contributed by atoms with Crippen molar-refractivity contribution in [1.82, 2.24) is 19.4 Å². The molecule has 124 valence electrons. The van der Waals surface area contributed by atoms with Crippen LogP contribution in [0.25, 0.3) is 0 Å². The summed E-state index contributed by atoms with van der Waals surface area (Å²) in [6.07, 6.45) is 2.72. The van der Waals surface area contributed by atoms with Crippen molar-refractivity contribution in [3.63, 3.8) is 0 Å². The van der Waals surface area contributed by atoms with Crippen LogP contribution < -0.4 is 11.1 Å². The normalized spacial score (nSPS) is 20.0. The monoisotopic (exact) mass is 329 g/mol. The highest BCUT2D eigenvalue weighted by Gasteiger charge is 2.34. The second-order valence-corrected chi connectivity index (χ2v) is 7.41. The van der Waals surface area contributed by atoms with Gasteiger partial charge < -0.3 is 11.1 Å². The number of hydrogen-bond donors (Lipinski definition) is 2. The molecule has 0 aromatic carbocycles. The molecule has 1 aromatic rings. The summed E-state index contributed by atoms with van der Waals surface area (Å²) in [5.41, 5.74) is 5.96. The van der Waals surface area contributed by atoms with Crippen molar-refractivity contribution < 1.29 is 13.2 Å². The lowest BCUT2D eigenvalue weighted by atomic mass is 9.99. The summed E-state index contributed by atoms with van der Waals surface area (Å²) in [4.78, 5) is 12.2. The fraction of sp³-hybridized carbons (Fsp3) is 0.692. The predicted octanol–water partition coefficient (Wildman–Crippen LogP) is -0.796. The third kappa shape index (κ3) is 3.31. The van der Waals surface area contributed by atoms with Gasteiger partial charge in [-0.2, -0.15) is 9.40 Å². The Morgan fingerprint density at radius 1 is 1.55 bits per heavy atom. The van der Waals surface area contributed by atoms with Crippen LogP contribution in [-0.4, -0.2) is 54.6 Å². The average Bonchev–Trinajstić information content (AvgIpc) is 2.85. The van der Waals surface area contributed by atoms with Crippen molar-refractivity contribution >= 4 is 15.9 Å². The summed E-state index contributed by atoms with van der Waals surface area (Å²) in [5, 5.41) is 6.72. The first-order valence-corrected chi connectivity index (χ1v) is 8.78. The van der Waals surface area contributed by atoms with E-state index < -0.39 is 10.0 Å². The lowest BCUT2D eigenvalue weighted by Crippen LogP contribution is -2.46. The number of nitrogens with zero attached hydrogens (tertiary/aromatic N) is 3. The molecular weight excluding hydrogens is 306 g/mol. The molecule has 1 aliphatic heterocycles. The third-order valence-electron chi connectivity index (χ3n) is 4.01. The van der Waals surface area contributed by atoms with Crippen LogP contribution in [-0.2, 0) is 21.9 Å². The first-order valence-electron chi connectivity index (χ1n) is 7.34. The van der Waals surface area contributed by atoms with E-state index in [1.54, 1.807) is 14.0 Å². The second-order valence-electron chi connectivity index (χ2n) is 5.50. The topological polar surface area (TPSA) is 110 Å². The molecule has 0 aliphatic carbocycles. The molecule has 3 N–H and O–H groups in total. The highest BCUT2D eigenvalue weighted by molar-refractivity contribution is 7.89. The van der Waals surface area contributed by atoms with Crippen LogP contribution in [0.1, 0.15) is 18.5 Å². The number of carbonyl (C=O) groups is 1. The number of amides is 1. The van der Waals surface area contributed by atoms with Crippen molar-refractivity contribution in [2.45, 2.75) is 24.7 Å². The van der Waals surface area contributed by atoms with E-state index in [9.17, 15) is 13.2 Å². The minimum atomic E-state index is -3.61. The van der Waals surface area contributed by atoms with Gasteiger partial charge in [0.25, 0.3) is 0 Å². The molecule has 2 rings (SSSR count). The summed E-state index contributed by atoms with van der Waals surface area (Å²) in [6.45, 7) is 3.12. The maximum atomic E-state index is 12.7. The van der Waals surface area contributed by atoms with Gasteiger partial charge in [-0.05, 0) is 19.8 Å². The van der Waals surface area contributed by atoms with E-state index >= 15 is 0 Å². The van der Waals surface area contributed by atoms with E-state index in [1.807, 2.05) is 0 Å². The standard InChI is InChI=1S/C13H23N5O3S/c1-10-12(8-16-17(10)2)22(20,21)18-7-3-4-11(9-18)13(19)15-6-5-14/h8,11H,3-7,9,14H2,1-2H3,(H,15,19). The number of nitrogens with two attached hydrogens (primary N) is 1. The number of aromatic nitrogens is 2. The number of carbonyl (C=O) groups excluding carboxylic acids is 1. The van der Waals surface area contributed by atoms with Gasteiger partial charge in [-0.3, -0.25) is 9.48 Å². The molecule has 1 saturated heterocycles. The lowest BCUT2D eigenvalue weighted by Gasteiger charge is -2.31. The molecular formula is C13H23N5O3S. The zero-order valence-electron chi connectivity index (χ0n) is 12.9. The molecule has 1 aromatic heterocycles. The number of aryl methyl sites for hydroxylation is 1. The summed E-state index contributed by atoms with van der Waals surface area (Å²) in [7, 11) is -1.91. The van der Waals surface area contributed by atoms with Crippen molar-refractivity contribution in [2.75, 3.05) is 26.2 Å². The highest BCUT2D eigenvalue weighted by atomic mass is 32.2. The zero-order valence-corrected chi connectivity index (χ0v) is 13.8. The largest absolute Gasteiger partial charge is 0.355 e. The summed E-state index contributed by atoms with van der Waals surface area (Å²) < 4.78 is 28.4. The van der Waals surface area contributed by atoms with E-state index in [1.165, 1.54) is 15.2 Å². The Morgan fingerprint density at radius 3 is 2.86 bits per heavy atom. The van der Waals surface area contributed by atoms with Gasteiger partial charge in [0, 0.05) is 33.2 Å². The van der Waals surface area contributed by atoms with Gasteiger partial charge in [-0.15, -0.1) is 0 Å². The van der Waals surface area contributed by atoms with Gasteiger partial charge in [0.05, 0.1) is 17.8 Å². The molecule has 22 heavy (non-hydrogen) atoms. The van der Waals surface area contributed by atoms with Crippen LogP contribution in [0.3, 0.4) is 0 Å². The Morgan fingerprint density at radius 2 is 2.27 bits per heavy atom. The Balaban J connectivity index is 2.15. The lowest BCUT2D eigenvalue weighted by molar-refractivity contribution is -0.126. The molecule has 9 heteroatoms. The van der Waals surface area contributed by atoms with E-state index in [4.69, 9.17) is 5.73 Å². The van der Waals surface area contributed by atoms with E-state index in [-0.39, 0.29) is 23.3 Å². The average molecular weight is 329 g/mol. The minimum absolute atomic E-state index is 0.131. The van der Waals surface area contributed by atoms with Gasteiger partial charge >= 0.3 is 0 Å². The number of nitrogens with one attached hydrogen (secondary N) is 1. The molecule has 1 atom stereocenters. The third-order valence-corrected chi connectivity index (χ3v) is 5.97. The van der Waals surface area contributed by atoms with E-state index in [2.05, 4.69) is 10.4 Å². The van der Waals surface area contributed by atoms with Crippen LogP contribution in [0.2, 0.25) is 0 Å². The van der Waals surface area contributed by atoms with Gasteiger partial charge in [-0.1, -0.05) is 0 Å². The van der Waals surface area contributed by atoms with Crippen LogP contribution >= 0.6 is 0 Å². The number of piperidine rings is 1. The van der Waals surface area contributed by atoms with Crippen molar-refractivity contribution in [3.05, 3.63) is 11.9 Å². The van der Waals surface area contributed by atoms with Crippen LogP contribution in [0.4, 0.5) is 0 Å². The smallest absolute Gasteiger partial charge is 0.246 e. The molecule has 0 saturated carbocycles. The van der Waals surface area contributed by atoms with Crippen LogP contribution in [0.5, 0.6) is 0 Å². The Hall–Kier alpha value is -1.45. The highest BCUT2D eigenvalue weighted by Crippen LogP contribution is 2.25. The maximum Gasteiger partial charge on any atom is 0.246 e. The second kappa shape index (κ2) is 6.76. The minimum Gasteiger partial charge on any atom is -0.355 e. The molecule has 8 nitrogen and oxygen atoms in total. The SMILES string of the molecule is Cc1c(S(=O)(=O)N2CCCC(C(=O)NCCN)C2)cnn1C. The maximum absolute atomic E-state index is 12.7. The van der Waals surface area contributed by atoms with Crippen molar-refractivity contribution in [1.29, 1.82) is 0 Å². The van der Waals surface area contributed by atoms with Crippen LogP contribution in [0, 0.1) is 12.8 Å². The molecule has 2 heterocycles. The summed E-state index contributed by atoms with van der Waals surface area (Å²) in [6, 6.07) is 0. The number of hydrogen-bond acceptors (Lipinski definition) is 5. The van der Waals surface area contributed by atoms with Crippen LogP contribution in [0.15, 0.2) is 11.1 Å². The molecule has 1 fully saturated rings. The molecule has 1 amide bonds. The van der Waals surface area contributed by atoms with Gasteiger partial charge in [0.15, 0.2) is 0 Å². The zero-order chi connectivity index (χ0) is 16.3. The van der Waals surface area contributed by atoms with Gasteiger partial charge in [-0.25, -0.2) is 8.42 Å². The Labute approximate surface area is 130 Å². The fourth-order valence-corrected chi connectivity index (χ4v) is 4.29. The van der Waals surface area contributed by atoms with Gasteiger partial charge in [0.1, 0.15) is 4.90 Å². The fourth-order valence-electron chi connectivity index (χ4n) is 2.59. The van der Waals surface area contributed by atoms with E-state index in [0.29, 0.717) is 38.2 Å². The predicted molar refractivity (Wildman–Crippen MR) is 81.5 cm³/mol. The molecule has 0 radical (unpaired) electrons. The first kappa shape index (κ1) is 16.9. The quantitative estimate of drug-likeness (QED) is 0.735.